The molecule has 0 amide bonds. The van der Waals surface area contributed by atoms with Crippen molar-refractivity contribution in [2.45, 2.75) is 83.6 Å². The highest BCUT2D eigenvalue weighted by Gasteiger charge is 2.61. The van der Waals surface area contributed by atoms with Gasteiger partial charge in [0.1, 0.15) is 0 Å². The van der Waals surface area contributed by atoms with Crippen molar-refractivity contribution >= 4 is 15.9 Å². The molecule has 174 valence electrons. The number of allylic oxidation sites excluding steroid dienone is 1. The Morgan fingerprint density at radius 3 is 2.44 bits per heavy atom. The van der Waals surface area contributed by atoms with Crippen molar-refractivity contribution in [3.05, 3.63) is 41.5 Å². The summed E-state index contributed by atoms with van der Waals surface area (Å²) in [6, 6.07) is 6.95. The monoisotopic (exact) mass is 456 g/mol. The zero-order valence-electron chi connectivity index (χ0n) is 19.8. The van der Waals surface area contributed by atoms with Gasteiger partial charge in [-0.15, -0.1) is 0 Å². The van der Waals surface area contributed by atoms with E-state index in [1.807, 2.05) is 25.1 Å². The van der Waals surface area contributed by atoms with Crippen LogP contribution in [-0.2, 0) is 19.1 Å². The highest BCUT2D eigenvalue weighted by molar-refractivity contribution is 7.86. The van der Waals surface area contributed by atoms with Crippen LogP contribution in [0, 0.1) is 41.4 Å². The summed E-state index contributed by atoms with van der Waals surface area (Å²) in [6.07, 6.45) is 8.26. The normalized spacial score (nSPS) is 41.4. The van der Waals surface area contributed by atoms with Crippen LogP contribution in [0.25, 0.3) is 0 Å². The first-order valence-electron chi connectivity index (χ1n) is 12.3. The Kier molecular flexibility index (Phi) is 5.25. The van der Waals surface area contributed by atoms with Gasteiger partial charge < -0.3 is 0 Å². The third-order valence-electron chi connectivity index (χ3n) is 9.78. The van der Waals surface area contributed by atoms with Crippen LogP contribution in [0.2, 0.25) is 0 Å². The Balaban J connectivity index is 1.42. The molecule has 0 saturated heterocycles. The number of aryl methyl sites for hydroxylation is 1. The van der Waals surface area contributed by atoms with E-state index < -0.39 is 10.1 Å². The van der Waals surface area contributed by atoms with Crippen molar-refractivity contribution in [2.75, 3.05) is 0 Å². The number of ketones is 1. The number of carbonyl (C=O) groups is 1. The van der Waals surface area contributed by atoms with Gasteiger partial charge in [-0.05, 0) is 98.2 Å². The summed E-state index contributed by atoms with van der Waals surface area (Å²) in [4.78, 5) is 12.4. The highest BCUT2D eigenvalue weighted by Crippen LogP contribution is 2.67. The van der Waals surface area contributed by atoms with Gasteiger partial charge in [-0.1, -0.05) is 44.0 Å². The SMILES string of the molecule is Cc1ccc(S(=O)(=O)OC2CCC3C4C(C)CC5=CC(=O)CCC5(C)C4CCC23C)cc1. The highest BCUT2D eigenvalue weighted by atomic mass is 32.2. The first-order chi connectivity index (χ1) is 15.0. The second kappa shape index (κ2) is 7.53. The van der Waals surface area contributed by atoms with Gasteiger partial charge in [0.15, 0.2) is 5.78 Å². The van der Waals surface area contributed by atoms with Crippen LogP contribution in [0.1, 0.15) is 71.3 Å². The molecule has 0 bridgehead atoms. The van der Waals surface area contributed by atoms with Gasteiger partial charge in [-0.2, -0.15) is 8.42 Å². The maximum absolute atomic E-state index is 13.1. The molecule has 0 aromatic heterocycles. The van der Waals surface area contributed by atoms with Crippen molar-refractivity contribution in [3.8, 4) is 0 Å². The van der Waals surface area contributed by atoms with Crippen LogP contribution < -0.4 is 0 Å². The van der Waals surface area contributed by atoms with Gasteiger partial charge in [0.2, 0.25) is 0 Å². The molecule has 4 nitrogen and oxygen atoms in total. The minimum Gasteiger partial charge on any atom is -0.295 e. The number of hydrogen-bond acceptors (Lipinski definition) is 4. The predicted octanol–water partition coefficient (Wildman–Crippen LogP) is 5.85. The van der Waals surface area contributed by atoms with Crippen molar-refractivity contribution < 1.29 is 17.4 Å². The number of benzene rings is 1. The molecule has 1 aromatic rings. The maximum Gasteiger partial charge on any atom is 0.297 e. The van der Waals surface area contributed by atoms with Gasteiger partial charge in [0, 0.05) is 6.42 Å². The Labute approximate surface area is 192 Å². The van der Waals surface area contributed by atoms with Crippen molar-refractivity contribution in [3.63, 3.8) is 0 Å². The second-order valence-electron chi connectivity index (χ2n) is 11.5. The Morgan fingerprint density at radius 2 is 1.72 bits per heavy atom. The molecule has 5 heteroatoms. The molecule has 1 aromatic carbocycles. The lowest BCUT2D eigenvalue weighted by Crippen LogP contribution is -2.54. The molecule has 0 heterocycles. The van der Waals surface area contributed by atoms with E-state index >= 15 is 0 Å². The molecule has 0 radical (unpaired) electrons. The molecule has 3 saturated carbocycles. The van der Waals surface area contributed by atoms with E-state index in [1.165, 1.54) is 5.57 Å². The van der Waals surface area contributed by atoms with E-state index in [2.05, 4.69) is 20.8 Å². The molecule has 7 unspecified atom stereocenters. The molecular formula is C27H36O4S. The van der Waals surface area contributed by atoms with Gasteiger partial charge in [-0.3, -0.25) is 8.98 Å². The average molecular weight is 457 g/mol. The van der Waals surface area contributed by atoms with Gasteiger partial charge in [-0.25, -0.2) is 0 Å². The Bertz CT molecular complexity index is 1060. The first kappa shape index (κ1) is 22.3. The van der Waals surface area contributed by atoms with Crippen LogP contribution in [0.5, 0.6) is 0 Å². The molecule has 3 fully saturated rings. The quantitative estimate of drug-likeness (QED) is 0.536. The van der Waals surface area contributed by atoms with E-state index in [-0.39, 0.29) is 21.8 Å². The largest absolute Gasteiger partial charge is 0.297 e. The summed E-state index contributed by atoms with van der Waals surface area (Å²) in [6.45, 7) is 8.97. The molecule has 32 heavy (non-hydrogen) atoms. The first-order valence-corrected chi connectivity index (χ1v) is 13.7. The number of fused-ring (bicyclic) bond motifs is 5. The minimum absolute atomic E-state index is 0.116. The van der Waals surface area contributed by atoms with Crippen LogP contribution >= 0.6 is 0 Å². The second-order valence-corrected chi connectivity index (χ2v) is 13.1. The van der Waals surface area contributed by atoms with E-state index in [4.69, 9.17) is 4.18 Å². The molecule has 4 aliphatic rings. The summed E-state index contributed by atoms with van der Waals surface area (Å²) in [5.41, 5.74) is 2.42. The average Bonchev–Trinajstić information content (AvgIpc) is 3.05. The van der Waals surface area contributed by atoms with Crippen LogP contribution in [0.15, 0.2) is 40.8 Å². The number of carbonyl (C=O) groups excluding carboxylic acids is 1. The zero-order valence-corrected chi connectivity index (χ0v) is 20.6. The summed E-state index contributed by atoms with van der Waals surface area (Å²) in [7, 11) is -3.78. The molecule has 7 atom stereocenters. The molecule has 0 spiro atoms. The lowest BCUT2D eigenvalue weighted by molar-refractivity contribution is -0.119. The molecule has 0 N–H and O–H groups in total. The smallest absolute Gasteiger partial charge is 0.295 e. The van der Waals surface area contributed by atoms with Crippen molar-refractivity contribution in [1.29, 1.82) is 0 Å². The number of hydrogen-bond donors (Lipinski definition) is 0. The zero-order chi connectivity index (χ0) is 22.9. The molecule has 0 aliphatic heterocycles. The minimum atomic E-state index is -3.78. The van der Waals surface area contributed by atoms with Crippen LogP contribution in [0.3, 0.4) is 0 Å². The van der Waals surface area contributed by atoms with Crippen molar-refractivity contribution in [1.82, 2.24) is 0 Å². The van der Waals surface area contributed by atoms with Crippen LogP contribution in [-0.4, -0.2) is 20.3 Å². The Morgan fingerprint density at radius 1 is 1.00 bits per heavy atom. The van der Waals surface area contributed by atoms with Crippen molar-refractivity contribution in [2.24, 2.45) is 34.5 Å². The van der Waals surface area contributed by atoms with E-state index in [0.717, 1.165) is 44.1 Å². The summed E-state index contributed by atoms with van der Waals surface area (Å²) in [5, 5.41) is 0. The van der Waals surface area contributed by atoms with Gasteiger partial charge in [0.25, 0.3) is 10.1 Å². The predicted molar refractivity (Wildman–Crippen MR) is 124 cm³/mol. The lowest BCUT2D eigenvalue weighted by atomic mass is 9.45. The summed E-state index contributed by atoms with van der Waals surface area (Å²) >= 11 is 0. The number of rotatable bonds is 3. The topological polar surface area (TPSA) is 60.4 Å². The standard InChI is InChI=1S/C27H36O4S/c1-17-5-7-21(8-6-17)32(29,30)31-24-10-9-22-25-18(2)15-19-16-20(28)11-13-26(19,3)23(25)12-14-27(22,24)4/h5-8,16,18,22-25H,9-15H2,1-4H3. The fourth-order valence-electron chi connectivity index (χ4n) is 7.93. The fraction of sp³-hybridized carbons (Fsp3) is 0.667. The van der Waals surface area contributed by atoms with E-state index in [0.29, 0.717) is 35.9 Å². The lowest BCUT2D eigenvalue weighted by Gasteiger charge is -2.60. The molecular weight excluding hydrogens is 420 g/mol. The Hall–Kier alpha value is -1.46. The van der Waals surface area contributed by atoms with Crippen LogP contribution in [0.4, 0.5) is 0 Å². The fourth-order valence-corrected chi connectivity index (χ4v) is 9.13. The van der Waals surface area contributed by atoms with Gasteiger partial charge in [0.05, 0.1) is 11.0 Å². The van der Waals surface area contributed by atoms with Gasteiger partial charge >= 0.3 is 0 Å². The van der Waals surface area contributed by atoms with E-state index in [1.54, 1.807) is 12.1 Å². The summed E-state index contributed by atoms with van der Waals surface area (Å²) in [5.74, 6) is 2.43. The molecule has 5 rings (SSSR count). The van der Waals surface area contributed by atoms with E-state index in [9.17, 15) is 13.2 Å². The third-order valence-corrected chi connectivity index (χ3v) is 11.1. The third kappa shape index (κ3) is 3.34. The summed E-state index contributed by atoms with van der Waals surface area (Å²) < 4.78 is 32.1. The molecule has 4 aliphatic carbocycles. The maximum atomic E-state index is 13.1.